The molecule has 2 aliphatic heterocycles. The molecule has 5 nitrogen and oxygen atoms in total. The number of rotatable bonds is 7. The minimum Gasteiger partial charge on any atom is -0.497 e. The molecule has 0 radical (unpaired) electrons. The first-order valence-corrected chi connectivity index (χ1v) is 11.0. The van der Waals surface area contributed by atoms with Crippen molar-refractivity contribution in [1.82, 2.24) is 15.2 Å². The lowest BCUT2D eigenvalue weighted by atomic mass is 9.81. The molecule has 2 aromatic carbocycles. The highest BCUT2D eigenvalue weighted by atomic mass is 16.5. The van der Waals surface area contributed by atoms with Crippen molar-refractivity contribution in [3.8, 4) is 17.0 Å². The summed E-state index contributed by atoms with van der Waals surface area (Å²) >= 11 is 0. The standard InChI is InChI=1S/C25H30N4O/c1-30-20-9-7-19(8-10-20)23-15-24(21-5-2-3-6-22(21)28-23)27-12-4-13-29-14-11-25(18-29)16-26-17-25/h2-3,5-10,15,26H,4,11-14,16-18H2,1H3,(H,27,28). The molecule has 5 rings (SSSR count). The maximum atomic E-state index is 5.29. The van der Waals surface area contributed by atoms with Gasteiger partial charge in [-0.2, -0.15) is 0 Å². The summed E-state index contributed by atoms with van der Waals surface area (Å²) in [5, 5.41) is 8.31. The third-order valence-corrected chi connectivity index (χ3v) is 6.59. The highest BCUT2D eigenvalue weighted by Crippen LogP contribution is 2.34. The van der Waals surface area contributed by atoms with Crippen molar-refractivity contribution in [3.63, 3.8) is 0 Å². The second-order valence-electron chi connectivity index (χ2n) is 8.71. The lowest BCUT2D eigenvalue weighted by Crippen LogP contribution is -2.54. The summed E-state index contributed by atoms with van der Waals surface area (Å²) in [4.78, 5) is 7.52. The molecule has 0 saturated carbocycles. The first kappa shape index (κ1) is 19.3. The van der Waals surface area contributed by atoms with Crippen LogP contribution in [0.2, 0.25) is 0 Å². The van der Waals surface area contributed by atoms with Crippen LogP contribution < -0.4 is 15.4 Å². The molecule has 2 N–H and O–H groups in total. The Morgan fingerprint density at radius 2 is 1.97 bits per heavy atom. The van der Waals surface area contributed by atoms with Crippen LogP contribution in [0.25, 0.3) is 22.2 Å². The molecule has 1 aromatic heterocycles. The monoisotopic (exact) mass is 402 g/mol. The zero-order valence-corrected chi connectivity index (χ0v) is 17.7. The van der Waals surface area contributed by atoms with Crippen LogP contribution in [0.3, 0.4) is 0 Å². The quantitative estimate of drug-likeness (QED) is 0.585. The number of benzene rings is 2. The summed E-state index contributed by atoms with van der Waals surface area (Å²) in [6.45, 7) is 7.07. The van der Waals surface area contributed by atoms with E-state index in [1.807, 2.05) is 12.1 Å². The van der Waals surface area contributed by atoms with E-state index in [9.17, 15) is 0 Å². The number of nitrogens with zero attached hydrogens (tertiary/aromatic N) is 2. The Bertz CT molecular complexity index is 1010. The number of ether oxygens (including phenoxy) is 1. The Kier molecular flexibility index (Phi) is 5.32. The molecule has 0 bridgehead atoms. The topological polar surface area (TPSA) is 49.4 Å². The van der Waals surface area contributed by atoms with Gasteiger partial charge in [0.15, 0.2) is 0 Å². The van der Waals surface area contributed by atoms with E-state index in [1.165, 1.54) is 44.5 Å². The highest BCUT2D eigenvalue weighted by molar-refractivity contribution is 5.93. The van der Waals surface area contributed by atoms with Gasteiger partial charge in [-0.05, 0) is 62.3 Å². The van der Waals surface area contributed by atoms with E-state index in [4.69, 9.17) is 9.72 Å². The lowest BCUT2D eigenvalue weighted by Gasteiger charge is -2.39. The van der Waals surface area contributed by atoms with Gasteiger partial charge < -0.3 is 20.3 Å². The summed E-state index contributed by atoms with van der Waals surface area (Å²) in [5.41, 5.74) is 4.85. The van der Waals surface area contributed by atoms with Crippen LogP contribution in [0, 0.1) is 5.41 Å². The zero-order chi connectivity index (χ0) is 20.4. The molecule has 1 spiro atoms. The summed E-state index contributed by atoms with van der Waals surface area (Å²) in [7, 11) is 1.69. The van der Waals surface area contributed by atoms with E-state index in [0.717, 1.165) is 41.2 Å². The molecular weight excluding hydrogens is 372 g/mol. The van der Waals surface area contributed by atoms with Crippen LogP contribution >= 0.6 is 0 Å². The van der Waals surface area contributed by atoms with Crippen LogP contribution in [0.1, 0.15) is 12.8 Å². The number of para-hydroxylation sites is 1. The van der Waals surface area contributed by atoms with Crippen molar-refractivity contribution >= 4 is 16.6 Å². The number of likely N-dealkylation sites (tertiary alicyclic amines) is 1. The van der Waals surface area contributed by atoms with Crippen molar-refractivity contribution in [3.05, 3.63) is 54.6 Å². The maximum Gasteiger partial charge on any atom is 0.118 e. The predicted octanol–water partition coefficient (Wildman–Crippen LogP) is 4.01. The molecule has 30 heavy (non-hydrogen) atoms. The molecule has 2 fully saturated rings. The molecule has 0 amide bonds. The van der Waals surface area contributed by atoms with Gasteiger partial charge >= 0.3 is 0 Å². The van der Waals surface area contributed by atoms with Crippen LogP contribution in [-0.4, -0.2) is 56.3 Å². The summed E-state index contributed by atoms with van der Waals surface area (Å²) < 4.78 is 5.29. The van der Waals surface area contributed by atoms with Gasteiger partial charge in [-0.3, -0.25) is 0 Å². The molecule has 156 valence electrons. The van der Waals surface area contributed by atoms with Crippen molar-refractivity contribution < 1.29 is 4.74 Å². The summed E-state index contributed by atoms with van der Waals surface area (Å²) in [6.07, 6.45) is 2.51. The highest BCUT2D eigenvalue weighted by Gasteiger charge is 2.42. The summed E-state index contributed by atoms with van der Waals surface area (Å²) in [5.74, 6) is 0.860. The molecule has 0 unspecified atom stereocenters. The SMILES string of the molecule is COc1ccc(-c2cc(NCCCN3CCC4(CNC4)C3)c3ccccc3n2)cc1. The first-order valence-electron chi connectivity index (χ1n) is 11.0. The minimum absolute atomic E-state index is 0.585. The second-order valence-corrected chi connectivity index (χ2v) is 8.71. The van der Waals surface area contributed by atoms with E-state index in [1.54, 1.807) is 7.11 Å². The Morgan fingerprint density at radius 1 is 1.13 bits per heavy atom. The fourth-order valence-corrected chi connectivity index (χ4v) is 4.74. The molecular formula is C25H30N4O. The van der Waals surface area contributed by atoms with Crippen molar-refractivity contribution in [1.29, 1.82) is 0 Å². The second kappa shape index (κ2) is 8.25. The first-order chi connectivity index (χ1) is 14.7. The molecule has 5 heteroatoms. The van der Waals surface area contributed by atoms with Gasteiger partial charge in [0.2, 0.25) is 0 Å². The smallest absolute Gasteiger partial charge is 0.118 e. The maximum absolute atomic E-state index is 5.29. The van der Waals surface area contributed by atoms with Gasteiger partial charge in [-0.15, -0.1) is 0 Å². The number of hydrogen-bond acceptors (Lipinski definition) is 5. The van der Waals surface area contributed by atoms with E-state index in [-0.39, 0.29) is 0 Å². The van der Waals surface area contributed by atoms with Gasteiger partial charge in [0.1, 0.15) is 5.75 Å². The van der Waals surface area contributed by atoms with Gasteiger partial charge in [-0.1, -0.05) is 18.2 Å². The minimum atomic E-state index is 0.585. The summed E-state index contributed by atoms with van der Waals surface area (Å²) in [6, 6.07) is 18.7. The van der Waals surface area contributed by atoms with Crippen LogP contribution in [0.15, 0.2) is 54.6 Å². The average molecular weight is 403 g/mol. The number of anilines is 1. The van der Waals surface area contributed by atoms with Crippen LogP contribution in [0.4, 0.5) is 5.69 Å². The van der Waals surface area contributed by atoms with Gasteiger partial charge in [-0.25, -0.2) is 4.98 Å². The van der Waals surface area contributed by atoms with Gasteiger partial charge in [0, 0.05) is 48.2 Å². The number of hydrogen-bond donors (Lipinski definition) is 2. The van der Waals surface area contributed by atoms with E-state index >= 15 is 0 Å². The van der Waals surface area contributed by atoms with Crippen LogP contribution in [0.5, 0.6) is 5.75 Å². The number of aromatic nitrogens is 1. The van der Waals surface area contributed by atoms with Crippen molar-refractivity contribution in [2.45, 2.75) is 12.8 Å². The van der Waals surface area contributed by atoms with E-state index in [2.05, 4.69) is 58.0 Å². The largest absolute Gasteiger partial charge is 0.497 e. The molecule has 0 atom stereocenters. The molecule has 3 aromatic rings. The number of pyridine rings is 1. The Morgan fingerprint density at radius 3 is 2.70 bits per heavy atom. The third-order valence-electron chi connectivity index (χ3n) is 6.59. The number of nitrogens with one attached hydrogen (secondary N) is 2. The fraction of sp³-hybridized carbons (Fsp3) is 0.400. The zero-order valence-electron chi connectivity index (χ0n) is 17.7. The molecule has 2 aliphatic rings. The third kappa shape index (κ3) is 3.87. The van der Waals surface area contributed by atoms with Gasteiger partial charge in [0.25, 0.3) is 0 Å². The normalized spacial score (nSPS) is 17.9. The van der Waals surface area contributed by atoms with Gasteiger partial charge in [0.05, 0.1) is 18.3 Å². The Hall–Kier alpha value is -2.63. The average Bonchev–Trinajstić information content (AvgIpc) is 3.22. The van der Waals surface area contributed by atoms with Crippen molar-refractivity contribution in [2.75, 3.05) is 51.7 Å². The van der Waals surface area contributed by atoms with Crippen LogP contribution in [-0.2, 0) is 0 Å². The Labute approximate surface area is 178 Å². The fourth-order valence-electron chi connectivity index (χ4n) is 4.74. The van der Waals surface area contributed by atoms with E-state index in [0.29, 0.717) is 5.41 Å². The Balaban J connectivity index is 1.28. The van der Waals surface area contributed by atoms with E-state index < -0.39 is 0 Å². The van der Waals surface area contributed by atoms with Crippen molar-refractivity contribution in [2.24, 2.45) is 5.41 Å². The number of methoxy groups -OCH3 is 1. The molecule has 3 heterocycles. The predicted molar refractivity (Wildman–Crippen MR) is 123 cm³/mol. The number of fused-ring (bicyclic) bond motifs is 1. The lowest BCUT2D eigenvalue weighted by molar-refractivity contribution is 0.169. The molecule has 0 aliphatic carbocycles. The molecule has 2 saturated heterocycles.